The molecule has 90 valence electrons. The average molecular weight is 225 g/mol. The summed E-state index contributed by atoms with van der Waals surface area (Å²) in [6.45, 7) is 5.85. The molecule has 0 aliphatic carbocycles. The van der Waals surface area contributed by atoms with Gasteiger partial charge < -0.3 is 10.2 Å². The van der Waals surface area contributed by atoms with E-state index in [4.69, 9.17) is 0 Å². The molecular weight excluding hydrogens is 205 g/mol. The molecule has 0 saturated heterocycles. The van der Waals surface area contributed by atoms with Crippen molar-refractivity contribution in [2.45, 2.75) is 19.9 Å². The second kappa shape index (κ2) is 7.30. The molecule has 0 spiro atoms. The van der Waals surface area contributed by atoms with E-state index in [1.165, 1.54) is 12.3 Å². The van der Waals surface area contributed by atoms with Gasteiger partial charge in [0.15, 0.2) is 0 Å². The summed E-state index contributed by atoms with van der Waals surface area (Å²) in [5.74, 6) is -0.269. The smallest absolute Gasteiger partial charge is 0.141 e. The monoisotopic (exact) mass is 225 g/mol. The number of pyridine rings is 1. The third-order valence-corrected chi connectivity index (χ3v) is 2.31. The van der Waals surface area contributed by atoms with Gasteiger partial charge in [0, 0.05) is 25.8 Å². The fourth-order valence-electron chi connectivity index (χ4n) is 1.50. The molecule has 4 heteroatoms. The lowest BCUT2D eigenvalue weighted by Crippen LogP contribution is -2.29. The third-order valence-electron chi connectivity index (χ3n) is 2.31. The van der Waals surface area contributed by atoms with Gasteiger partial charge in [-0.1, -0.05) is 6.92 Å². The molecule has 1 rings (SSSR count). The highest BCUT2D eigenvalue weighted by Crippen LogP contribution is 2.03. The number of hydrogen-bond donors (Lipinski definition) is 1. The Hall–Kier alpha value is -1.00. The molecule has 0 bridgehead atoms. The molecule has 0 fully saturated rings. The van der Waals surface area contributed by atoms with Gasteiger partial charge >= 0.3 is 0 Å². The van der Waals surface area contributed by atoms with Crippen LogP contribution in [0.15, 0.2) is 18.5 Å². The predicted octanol–water partition coefficient (Wildman–Crippen LogP) is 1.65. The van der Waals surface area contributed by atoms with Crippen LogP contribution < -0.4 is 5.32 Å². The van der Waals surface area contributed by atoms with Crippen LogP contribution in [0.2, 0.25) is 0 Å². The largest absolute Gasteiger partial charge is 0.315 e. The van der Waals surface area contributed by atoms with Crippen molar-refractivity contribution in [2.24, 2.45) is 0 Å². The number of aromatic nitrogens is 1. The molecule has 0 amide bonds. The fourth-order valence-corrected chi connectivity index (χ4v) is 1.50. The number of likely N-dealkylation sites (N-methyl/N-ethyl adjacent to an activating group) is 1. The minimum absolute atomic E-state index is 0.269. The summed E-state index contributed by atoms with van der Waals surface area (Å²) in [5.41, 5.74) is 0.915. The van der Waals surface area contributed by atoms with E-state index in [1.54, 1.807) is 6.20 Å². The average Bonchev–Trinajstić information content (AvgIpc) is 2.24. The maximum atomic E-state index is 12.9. The van der Waals surface area contributed by atoms with Crippen molar-refractivity contribution in [1.82, 2.24) is 15.2 Å². The summed E-state index contributed by atoms with van der Waals surface area (Å²) in [6.07, 6.45) is 4.09. The van der Waals surface area contributed by atoms with Gasteiger partial charge in [0.05, 0.1) is 6.20 Å². The first-order chi connectivity index (χ1) is 7.72. The summed E-state index contributed by atoms with van der Waals surface area (Å²) in [4.78, 5) is 5.98. The van der Waals surface area contributed by atoms with Crippen LogP contribution >= 0.6 is 0 Å². The Balaban J connectivity index is 2.25. The van der Waals surface area contributed by atoms with Crippen LogP contribution in [0.3, 0.4) is 0 Å². The van der Waals surface area contributed by atoms with E-state index in [-0.39, 0.29) is 5.82 Å². The van der Waals surface area contributed by atoms with Gasteiger partial charge in [-0.05, 0) is 31.6 Å². The van der Waals surface area contributed by atoms with Crippen LogP contribution in [0.5, 0.6) is 0 Å². The number of rotatable bonds is 7. The lowest BCUT2D eigenvalue weighted by atomic mass is 10.2. The molecule has 0 saturated carbocycles. The van der Waals surface area contributed by atoms with Crippen molar-refractivity contribution in [3.8, 4) is 0 Å². The molecule has 0 aliphatic rings. The van der Waals surface area contributed by atoms with Crippen LogP contribution in [0, 0.1) is 5.82 Å². The molecule has 0 aliphatic heterocycles. The van der Waals surface area contributed by atoms with Crippen LogP contribution in [0.4, 0.5) is 4.39 Å². The summed E-state index contributed by atoms with van der Waals surface area (Å²) in [6, 6.07) is 1.53. The van der Waals surface area contributed by atoms with Gasteiger partial charge in [-0.25, -0.2) is 4.39 Å². The Kier molecular flexibility index (Phi) is 5.96. The minimum atomic E-state index is -0.269. The predicted molar refractivity (Wildman–Crippen MR) is 63.7 cm³/mol. The Bertz CT molecular complexity index is 304. The van der Waals surface area contributed by atoms with Crippen molar-refractivity contribution in [3.63, 3.8) is 0 Å². The van der Waals surface area contributed by atoms with Crippen molar-refractivity contribution in [2.75, 3.05) is 26.7 Å². The Morgan fingerprint density at radius 3 is 2.88 bits per heavy atom. The molecule has 1 aromatic heterocycles. The molecule has 0 atom stereocenters. The summed E-state index contributed by atoms with van der Waals surface area (Å²) in [7, 11) is 2.03. The zero-order valence-corrected chi connectivity index (χ0v) is 10.0. The molecule has 3 nitrogen and oxygen atoms in total. The second-order valence-electron chi connectivity index (χ2n) is 4.00. The third kappa shape index (κ3) is 5.19. The first-order valence-electron chi connectivity index (χ1n) is 5.71. The standard InChI is InChI=1S/C12H20FN3/c1-3-4-14-5-6-16(2)10-11-7-12(13)9-15-8-11/h7-9,14H,3-6,10H2,1-2H3. The van der Waals surface area contributed by atoms with Crippen LogP contribution in [-0.2, 0) is 6.54 Å². The highest BCUT2D eigenvalue weighted by atomic mass is 19.1. The topological polar surface area (TPSA) is 28.2 Å². The van der Waals surface area contributed by atoms with E-state index in [0.29, 0.717) is 0 Å². The second-order valence-corrected chi connectivity index (χ2v) is 4.00. The Labute approximate surface area is 96.7 Å². The Morgan fingerprint density at radius 2 is 2.19 bits per heavy atom. The zero-order chi connectivity index (χ0) is 11.8. The maximum absolute atomic E-state index is 12.9. The molecule has 0 unspecified atom stereocenters. The van der Waals surface area contributed by atoms with E-state index in [1.807, 2.05) is 7.05 Å². The van der Waals surface area contributed by atoms with Crippen LogP contribution in [0.1, 0.15) is 18.9 Å². The summed E-state index contributed by atoms with van der Waals surface area (Å²) >= 11 is 0. The van der Waals surface area contributed by atoms with Crippen LogP contribution in [-0.4, -0.2) is 36.6 Å². The van der Waals surface area contributed by atoms with Crippen molar-refractivity contribution < 1.29 is 4.39 Å². The van der Waals surface area contributed by atoms with Crippen molar-refractivity contribution in [3.05, 3.63) is 29.8 Å². The lowest BCUT2D eigenvalue weighted by Gasteiger charge is -2.16. The fraction of sp³-hybridized carbons (Fsp3) is 0.583. The first-order valence-corrected chi connectivity index (χ1v) is 5.71. The van der Waals surface area contributed by atoms with Gasteiger partial charge in [-0.3, -0.25) is 4.98 Å². The summed E-state index contributed by atoms with van der Waals surface area (Å²) in [5, 5.41) is 3.33. The highest BCUT2D eigenvalue weighted by Gasteiger charge is 2.01. The van der Waals surface area contributed by atoms with Gasteiger partial charge in [0.25, 0.3) is 0 Å². The first kappa shape index (κ1) is 13.1. The maximum Gasteiger partial charge on any atom is 0.141 e. The van der Waals surface area contributed by atoms with Gasteiger partial charge in [0.1, 0.15) is 5.82 Å². The Morgan fingerprint density at radius 1 is 1.38 bits per heavy atom. The van der Waals surface area contributed by atoms with Crippen LogP contribution in [0.25, 0.3) is 0 Å². The lowest BCUT2D eigenvalue weighted by molar-refractivity contribution is 0.323. The summed E-state index contributed by atoms with van der Waals surface area (Å²) < 4.78 is 12.9. The normalized spacial score (nSPS) is 11.0. The number of nitrogens with one attached hydrogen (secondary N) is 1. The number of hydrogen-bond acceptors (Lipinski definition) is 3. The van der Waals surface area contributed by atoms with E-state index < -0.39 is 0 Å². The zero-order valence-electron chi connectivity index (χ0n) is 10.0. The molecule has 0 radical (unpaired) electrons. The molecule has 0 aromatic carbocycles. The van der Waals surface area contributed by atoms with Crippen molar-refractivity contribution >= 4 is 0 Å². The highest BCUT2D eigenvalue weighted by molar-refractivity contribution is 5.09. The van der Waals surface area contributed by atoms with E-state index in [2.05, 4.69) is 22.1 Å². The minimum Gasteiger partial charge on any atom is -0.315 e. The SMILES string of the molecule is CCCNCCN(C)Cc1cncc(F)c1. The quantitative estimate of drug-likeness (QED) is 0.715. The molecule has 1 heterocycles. The molecule has 16 heavy (non-hydrogen) atoms. The van der Waals surface area contributed by atoms with E-state index in [0.717, 1.165) is 38.2 Å². The molecule has 1 N–H and O–H groups in total. The van der Waals surface area contributed by atoms with Crippen molar-refractivity contribution in [1.29, 1.82) is 0 Å². The molecule has 1 aromatic rings. The van der Waals surface area contributed by atoms with Gasteiger partial charge in [0.2, 0.25) is 0 Å². The van der Waals surface area contributed by atoms with E-state index >= 15 is 0 Å². The number of nitrogens with zero attached hydrogens (tertiary/aromatic N) is 2. The molecular formula is C12H20FN3. The van der Waals surface area contributed by atoms with E-state index in [9.17, 15) is 4.39 Å². The number of halogens is 1. The van der Waals surface area contributed by atoms with Gasteiger partial charge in [-0.15, -0.1) is 0 Å². The van der Waals surface area contributed by atoms with Gasteiger partial charge in [-0.2, -0.15) is 0 Å².